The number of hydrogen-bond donors (Lipinski definition) is 1. The zero-order chi connectivity index (χ0) is 15.0. The average molecular weight is 307 g/mol. The quantitative estimate of drug-likeness (QED) is 0.578. The van der Waals surface area contributed by atoms with E-state index in [1.165, 1.54) is 11.8 Å². The molecule has 0 fully saturated rings. The van der Waals surface area contributed by atoms with Crippen LogP contribution >= 0.6 is 11.8 Å². The number of thioether (sulfide) groups is 1. The van der Waals surface area contributed by atoms with Crippen molar-refractivity contribution in [2.24, 2.45) is 5.92 Å². The first-order chi connectivity index (χ1) is 9.37. The molecule has 0 unspecified atom stereocenters. The Kier molecular flexibility index (Phi) is 7.40. The molecule has 0 bridgehead atoms. The average Bonchev–Trinajstić information content (AvgIpc) is 2.34. The lowest BCUT2D eigenvalue weighted by Gasteiger charge is -2.09. The Bertz CT molecular complexity index is 396. The summed E-state index contributed by atoms with van der Waals surface area (Å²) < 4.78 is 39.2. The minimum absolute atomic E-state index is 0.280. The molecule has 1 N–H and O–H groups in total. The second-order valence-corrected chi connectivity index (χ2v) is 5.98. The zero-order valence-corrected chi connectivity index (χ0v) is 12.5. The highest BCUT2D eigenvalue weighted by atomic mass is 32.2. The van der Waals surface area contributed by atoms with E-state index in [0.717, 1.165) is 23.5 Å². The highest BCUT2D eigenvalue weighted by Crippen LogP contribution is 2.21. The van der Waals surface area contributed by atoms with Crippen LogP contribution in [0.4, 0.5) is 13.2 Å². The maximum Gasteiger partial charge on any atom is 0.522 e. The Hall–Kier alpha value is -0.720. The maximum absolute atomic E-state index is 11.8. The standard InChI is InChI=1S/C14H20F3NOS/c1-11(2)9-18-10-12-4-3-5-13(8-12)20-7-6-19-14(15,16)17/h3-5,8,11,18H,6-7,9-10H2,1-2H3. The largest absolute Gasteiger partial charge is 0.522 e. The Labute approximate surface area is 122 Å². The summed E-state index contributed by atoms with van der Waals surface area (Å²) in [5, 5.41) is 3.33. The molecule has 0 aromatic heterocycles. The van der Waals surface area contributed by atoms with Crippen molar-refractivity contribution >= 4 is 11.8 Å². The van der Waals surface area contributed by atoms with Gasteiger partial charge in [-0.3, -0.25) is 4.74 Å². The number of benzene rings is 1. The van der Waals surface area contributed by atoms with Gasteiger partial charge in [-0.2, -0.15) is 0 Å². The Balaban J connectivity index is 2.32. The lowest BCUT2D eigenvalue weighted by Crippen LogP contribution is -2.18. The third kappa shape index (κ3) is 8.45. The van der Waals surface area contributed by atoms with Gasteiger partial charge in [-0.15, -0.1) is 24.9 Å². The predicted octanol–water partition coefficient (Wildman–Crippen LogP) is 4.06. The van der Waals surface area contributed by atoms with Crippen LogP contribution in [-0.2, 0) is 11.3 Å². The number of halogens is 3. The van der Waals surface area contributed by atoms with Crippen molar-refractivity contribution in [3.8, 4) is 0 Å². The fraction of sp³-hybridized carbons (Fsp3) is 0.571. The number of nitrogens with one attached hydrogen (secondary N) is 1. The molecule has 114 valence electrons. The van der Waals surface area contributed by atoms with Gasteiger partial charge in [-0.1, -0.05) is 26.0 Å². The molecule has 0 radical (unpaired) electrons. The summed E-state index contributed by atoms with van der Waals surface area (Å²) >= 11 is 1.36. The smallest absolute Gasteiger partial charge is 0.312 e. The van der Waals surface area contributed by atoms with Gasteiger partial charge in [0.25, 0.3) is 0 Å². The van der Waals surface area contributed by atoms with Gasteiger partial charge in [0.05, 0.1) is 6.61 Å². The van der Waals surface area contributed by atoms with Crippen molar-refractivity contribution in [1.82, 2.24) is 5.32 Å². The van der Waals surface area contributed by atoms with E-state index < -0.39 is 6.36 Å². The first-order valence-electron chi connectivity index (χ1n) is 6.50. The van der Waals surface area contributed by atoms with E-state index in [1.54, 1.807) is 0 Å². The van der Waals surface area contributed by atoms with Gasteiger partial charge in [0.15, 0.2) is 0 Å². The van der Waals surface area contributed by atoms with E-state index >= 15 is 0 Å². The molecule has 1 aromatic carbocycles. The van der Waals surface area contributed by atoms with Gasteiger partial charge in [-0.25, -0.2) is 0 Å². The van der Waals surface area contributed by atoms with Crippen LogP contribution < -0.4 is 5.32 Å². The topological polar surface area (TPSA) is 21.3 Å². The van der Waals surface area contributed by atoms with Gasteiger partial charge >= 0.3 is 6.36 Å². The lowest BCUT2D eigenvalue weighted by molar-refractivity contribution is -0.322. The van der Waals surface area contributed by atoms with E-state index in [1.807, 2.05) is 24.3 Å². The summed E-state index contributed by atoms with van der Waals surface area (Å²) in [5.74, 6) is 0.870. The predicted molar refractivity (Wildman–Crippen MR) is 75.7 cm³/mol. The van der Waals surface area contributed by atoms with Crippen molar-refractivity contribution in [1.29, 1.82) is 0 Å². The van der Waals surface area contributed by atoms with Gasteiger partial charge in [-0.05, 0) is 30.2 Å². The number of rotatable bonds is 8. The third-order valence-electron chi connectivity index (χ3n) is 2.40. The molecular weight excluding hydrogens is 287 g/mol. The normalized spacial score (nSPS) is 12.1. The molecule has 20 heavy (non-hydrogen) atoms. The second-order valence-electron chi connectivity index (χ2n) is 4.81. The highest BCUT2D eigenvalue weighted by Gasteiger charge is 2.28. The van der Waals surface area contributed by atoms with E-state index in [2.05, 4.69) is 23.9 Å². The number of ether oxygens (including phenoxy) is 1. The van der Waals surface area contributed by atoms with Crippen molar-refractivity contribution < 1.29 is 17.9 Å². The summed E-state index contributed by atoms with van der Waals surface area (Å²) in [6.45, 7) is 5.66. The Morgan fingerprint density at radius 2 is 2.05 bits per heavy atom. The highest BCUT2D eigenvalue weighted by molar-refractivity contribution is 7.99. The minimum atomic E-state index is -4.54. The Morgan fingerprint density at radius 3 is 2.70 bits per heavy atom. The molecule has 0 aliphatic rings. The van der Waals surface area contributed by atoms with Crippen molar-refractivity contribution in [2.45, 2.75) is 31.7 Å². The van der Waals surface area contributed by atoms with Gasteiger partial charge in [0, 0.05) is 17.2 Å². The zero-order valence-electron chi connectivity index (χ0n) is 11.7. The molecule has 0 amide bonds. The van der Waals surface area contributed by atoms with Crippen molar-refractivity contribution in [3.63, 3.8) is 0 Å². The fourth-order valence-electron chi connectivity index (χ4n) is 1.57. The molecule has 0 aliphatic heterocycles. The van der Waals surface area contributed by atoms with Crippen LogP contribution in [0.3, 0.4) is 0 Å². The molecule has 0 aliphatic carbocycles. The summed E-state index contributed by atoms with van der Waals surface area (Å²) in [7, 11) is 0. The van der Waals surface area contributed by atoms with E-state index in [9.17, 15) is 13.2 Å². The van der Waals surface area contributed by atoms with Crippen LogP contribution in [-0.4, -0.2) is 25.3 Å². The summed E-state index contributed by atoms with van der Waals surface area (Å²) in [6.07, 6.45) is -4.54. The first kappa shape index (κ1) is 17.3. The summed E-state index contributed by atoms with van der Waals surface area (Å²) in [4.78, 5) is 0.958. The van der Waals surface area contributed by atoms with Crippen LogP contribution in [0.25, 0.3) is 0 Å². The lowest BCUT2D eigenvalue weighted by atomic mass is 10.2. The van der Waals surface area contributed by atoms with E-state index in [-0.39, 0.29) is 12.4 Å². The van der Waals surface area contributed by atoms with Crippen LogP contribution in [0.1, 0.15) is 19.4 Å². The van der Waals surface area contributed by atoms with Crippen LogP contribution in [0.5, 0.6) is 0 Å². The maximum atomic E-state index is 11.8. The van der Waals surface area contributed by atoms with Gasteiger partial charge in [0.1, 0.15) is 0 Å². The molecule has 2 nitrogen and oxygen atoms in total. The van der Waals surface area contributed by atoms with Crippen LogP contribution in [0, 0.1) is 5.92 Å². The monoisotopic (exact) mass is 307 g/mol. The fourth-order valence-corrected chi connectivity index (χ4v) is 2.38. The van der Waals surface area contributed by atoms with Crippen molar-refractivity contribution in [3.05, 3.63) is 29.8 Å². The second kappa shape index (κ2) is 8.54. The SMILES string of the molecule is CC(C)CNCc1cccc(SCCOC(F)(F)F)c1. The molecule has 0 atom stereocenters. The van der Waals surface area contributed by atoms with Gasteiger partial charge < -0.3 is 5.32 Å². The Morgan fingerprint density at radius 1 is 1.30 bits per heavy atom. The third-order valence-corrected chi connectivity index (χ3v) is 3.36. The van der Waals surface area contributed by atoms with Crippen LogP contribution in [0.15, 0.2) is 29.2 Å². The molecule has 0 saturated heterocycles. The van der Waals surface area contributed by atoms with E-state index in [0.29, 0.717) is 5.92 Å². The molecule has 0 spiro atoms. The summed E-state index contributed by atoms with van der Waals surface area (Å²) in [6, 6.07) is 7.80. The molecule has 6 heteroatoms. The molecular formula is C14H20F3NOS. The van der Waals surface area contributed by atoms with Crippen molar-refractivity contribution in [2.75, 3.05) is 18.9 Å². The van der Waals surface area contributed by atoms with Gasteiger partial charge in [0.2, 0.25) is 0 Å². The molecule has 0 saturated carbocycles. The first-order valence-corrected chi connectivity index (χ1v) is 7.48. The number of alkyl halides is 3. The minimum Gasteiger partial charge on any atom is -0.312 e. The van der Waals surface area contributed by atoms with Crippen LogP contribution in [0.2, 0.25) is 0 Å². The number of hydrogen-bond acceptors (Lipinski definition) is 3. The molecule has 1 aromatic rings. The molecule has 1 rings (SSSR count). The van der Waals surface area contributed by atoms with E-state index in [4.69, 9.17) is 0 Å². The summed E-state index contributed by atoms with van der Waals surface area (Å²) in [5.41, 5.74) is 1.13. The molecule has 0 heterocycles.